The summed E-state index contributed by atoms with van der Waals surface area (Å²) in [6.45, 7) is 2.29. The quantitative estimate of drug-likeness (QED) is 0.787. The average molecular weight is 294 g/mol. The minimum atomic E-state index is 0.206. The Bertz CT molecular complexity index is 567. The van der Waals surface area contributed by atoms with E-state index in [2.05, 4.69) is 27.8 Å². The van der Waals surface area contributed by atoms with Gasteiger partial charge in [-0.2, -0.15) is 0 Å². The molecule has 1 aliphatic rings. The van der Waals surface area contributed by atoms with Gasteiger partial charge in [0.05, 0.1) is 11.2 Å². The van der Waals surface area contributed by atoms with Gasteiger partial charge in [-0.25, -0.2) is 4.98 Å². The van der Waals surface area contributed by atoms with Gasteiger partial charge in [0.2, 0.25) is 0 Å². The van der Waals surface area contributed by atoms with E-state index in [1.165, 1.54) is 25.7 Å². The molecule has 3 rings (SSSR count). The highest BCUT2D eigenvalue weighted by Crippen LogP contribution is 2.40. The highest BCUT2D eigenvalue weighted by molar-refractivity contribution is 9.10. The highest BCUT2D eigenvalue weighted by atomic mass is 79.9. The van der Waals surface area contributed by atoms with Gasteiger partial charge < -0.3 is 10.7 Å². The van der Waals surface area contributed by atoms with Crippen LogP contribution in [0.25, 0.3) is 11.0 Å². The number of nitrogen functional groups attached to an aromatic ring is 1. The number of nitrogens with zero attached hydrogens (tertiary/aromatic N) is 1. The molecule has 1 aliphatic carbocycles. The molecule has 0 spiro atoms. The van der Waals surface area contributed by atoms with Gasteiger partial charge in [0, 0.05) is 9.89 Å². The molecule has 0 amide bonds. The standard InChI is InChI=1S/C13H16BrN3/c1-13(4-2-3-5-13)12-16-10-7-8(14)6-9(15)11(10)17-12/h6-7H,2-5,15H2,1H3,(H,16,17). The van der Waals surface area contributed by atoms with Gasteiger partial charge in [0.25, 0.3) is 0 Å². The Balaban J connectivity index is 2.16. The summed E-state index contributed by atoms with van der Waals surface area (Å²) in [5.74, 6) is 1.09. The number of hydrogen-bond donors (Lipinski definition) is 2. The van der Waals surface area contributed by atoms with Crippen molar-refractivity contribution in [3.63, 3.8) is 0 Å². The van der Waals surface area contributed by atoms with Gasteiger partial charge in [-0.1, -0.05) is 35.7 Å². The number of rotatable bonds is 1. The third-order valence-corrected chi connectivity index (χ3v) is 4.32. The van der Waals surface area contributed by atoms with Crippen molar-refractivity contribution in [1.29, 1.82) is 0 Å². The van der Waals surface area contributed by atoms with E-state index >= 15 is 0 Å². The number of benzene rings is 1. The van der Waals surface area contributed by atoms with Crippen molar-refractivity contribution in [1.82, 2.24) is 9.97 Å². The van der Waals surface area contributed by atoms with E-state index in [1.54, 1.807) is 0 Å². The molecule has 0 bridgehead atoms. The number of aromatic nitrogens is 2. The second-order valence-electron chi connectivity index (χ2n) is 5.24. The summed E-state index contributed by atoms with van der Waals surface area (Å²) in [7, 11) is 0. The lowest BCUT2D eigenvalue weighted by Crippen LogP contribution is -2.18. The number of H-pyrrole nitrogens is 1. The number of nitrogens with one attached hydrogen (secondary N) is 1. The van der Waals surface area contributed by atoms with Crippen LogP contribution in [0, 0.1) is 0 Å². The van der Waals surface area contributed by atoms with Crippen LogP contribution in [0.3, 0.4) is 0 Å². The lowest BCUT2D eigenvalue weighted by molar-refractivity contribution is 0.465. The number of halogens is 1. The van der Waals surface area contributed by atoms with Crippen LogP contribution in [0.15, 0.2) is 16.6 Å². The number of fused-ring (bicyclic) bond motifs is 1. The Kier molecular flexibility index (Phi) is 2.43. The topological polar surface area (TPSA) is 54.7 Å². The largest absolute Gasteiger partial charge is 0.397 e. The number of nitrogens with two attached hydrogens (primary N) is 1. The van der Waals surface area contributed by atoms with Gasteiger partial charge >= 0.3 is 0 Å². The van der Waals surface area contributed by atoms with Gasteiger partial charge in [0.1, 0.15) is 11.3 Å². The molecule has 1 aromatic heterocycles. The molecule has 3 nitrogen and oxygen atoms in total. The van der Waals surface area contributed by atoms with Crippen LogP contribution in [0.1, 0.15) is 38.4 Å². The van der Waals surface area contributed by atoms with E-state index in [9.17, 15) is 0 Å². The molecule has 1 saturated carbocycles. The summed E-state index contributed by atoms with van der Waals surface area (Å²) < 4.78 is 0.995. The minimum Gasteiger partial charge on any atom is -0.397 e. The van der Waals surface area contributed by atoms with E-state index in [0.717, 1.165) is 27.0 Å². The average Bonchev–Trinajstić information content (AvgIpc) is 2.84. The molecule has 1 aromatic carbocycles. The van der Waals surface area contributed by atoms with Gasteiger partial charge in [-0.3, -0.25) is 0 Å². The van der Waals surface area contributed by atoms with Gasteiger partial charge in [-0.05, 0) is 25.0 Å². The molecule has 0 radical (unpaired) electrons. The van der Waals surface area contributed by atoms with Gasteiger partial charge in [0.15, 0.2) is 0 Å². The Hall–Kier alpha value is -1.03. The first-order chi connectivity index (χ1) is 8.08. The third kappa shape index (κ3) is 1.75. The predicted octanol–water partition coefficient (Wildman–Crippen LogP) is 3.74. The zero-order chi connectivity index (χ0) is 12.0. The summed E-state index contributed by atoms with van der Waals surface area (Å²) >= 11 is 3.46. The second kappa shape index (κ2) is 3.73. The molecule has 4 heteroatoms. The lowest BCUT2D eigenvalue weighted by Gasteiger charge is -2.19. The van der Waals surface area contributed by atoms with Crippen molar-refractivity contribution in [2.75, 3.05) is 5.73 Å². The smallest absolute Gasteiger partial charge is 0.113 e. The zero-order valence-corrected chi connectivity index (χ0v) is 11.5. The molecular formula is C13H16BrN3. The fourth-order valence-corrected chi connectivity index (χ4v) is 3.26. The summed E-state index contributed by atoms with van der Waals surface area (Å²) in [5, 5.41) is 0. The molecule has 2 aromatic rings. The predicted molar refractivity (Wildman–Crippen MR) is 74.0 cm³/mol. The van der Waals surface area contributed by atoms with Crippen LogP contribution in [0.4, 0.5) is 5.69 Å². The molecule has 0 saturated heterocycles. The zero-order valence-electron chi connectivity index (χ0n) is 9.89. The molecule has 0 atom stereocenters. The molecule has 90 valence electrons. The first-order valence-electron chi connectivity index (χ1n) is 6.04. The first-order valence-corrected chi connectivity index (χ1v) is 6.83. The Labute approximate surface area is 109 Å². The monoisotopic (exact) mass is 293 g/mol. The summed E-state index contributed by atoms with van der Waals surface area (Å²) in [6.07, 6.45) is 5.03. The maximum atomic E-state index is 6.00. The maximum Gasteiger partial charge on any atom is 0.113 e. The Morgan fingerprint density at radius 3 is 2.76 bits per heavy atom. The summed E-state index contributed by atoms with van der Waals surface area (Å²) in [4.78, 5) is 8.14. The number of aromatic amines is 1. The van der Waals surface area contributed by atoms with Crippen LogP contribution in [-0.4, -0.2) is 9.97 Å². The van der Waals surface area contributed by atoms with Crippen molar-refractivity contribution >= 4 is 32.7 Å². The molecule has 0 aliphatic heterocycles. The Morgan fingerprint density at radius 2 is 2.06 bits per heavy atom. The van der Waals surface area contributed by atoms with Crippen LogP contribution in [-0.2, 0) is 5.41 Å². The van der Waals surface area contributed by atoms with E-state index < -0.39 is 0 Å². The van der Waals surface area contributed by atoms with E-state index in [1.807, 2.05) is 12.1 Å². The van der Waals surface area contributed by atoms with Crippen LogP contribution < -0.4 is 5.73 Å². The van der Waals surface area contributed by atoms with E-state index in [4.69, 9.17) is 10.7 Å². The summed E-state index contributed by atoms with van der Waals surface area (Å²) in [5.41, 5.74) is 8.87. The number of anilines is 1. The maximum absolute atomic E-state index is 6.00. The first kappa shape index (κ1) is 11.1. The van der Waals surface area contributed by atoms with E-state index in [0.29, 0.717) is 0 Å². The SMILES string of the molecule is CC1(c2nc3c(N)cc(Br)cc3[nH]2)CCCC1. The van der Waals surface area contributed by atoms with Gasteiger partial charge in [-0.15, -0.1) is 0 Å². The second-order valence-corrected chi connectivity index (χ2v) is 6.16. The lowest BCUT2D eigenvalue weighted by atomic mass is 9.88. The van der Waals surface area contributed by atoms with Crippen molar-refractivity contribution in [3.8, 4) is 0 Å². The van der Waals surface area contributed by atoms with Crippen LogP contribution in [0.2, 0.25) is 0 Å². The number of imidazole rings is 1. The van der Waals surface area contributed by atoms with Crippen molar-refractivity contribution in [3.05, 3.63) is 22.4 Å². The molecule has 17 heavy (non-hydrogen) atoms. The fraction of sp³-hybridized carbons (Fsp3) is 0.462. The molecule has 1 fully saturated rings. The Morgan fingerprint density at radius 1 is 1.35 bits per heavy atom. The molecule has 1 heterocycles. The normalized spacial score (nSPS) is 18.9. The fourth-order valence-electron chi connectivity index (χ4n) is 2.79. The molecular weight excluding hydrogens is 278 g/mol. The van der Waals surface area contributed by atoms with Crippen molar-refractivity contribution in [2.24, 2.45) is 0 Å². The van der Waals surface area contributed by atoms with Crippen LogP contribution >= 0.6 is 15.9 Å². The minimum absolute atomic E-state index is 0.206. The number of hydrogen-bond acceptors (Lipinski definition) is 2. The van der Waals surface area contributed by atoms with Crippen LogP contribution in [0.5, 0.6) is 0 Å². The van der Waals surface area contributed by atoms with E-state index in [-0.39, 0.29) is 5.41 Å². The molecule has 0 unspecified atom stereocenters. The summed E-state index contributed by atoms with van der Waals surface area (Å²) in [6, 6.07) is 3.95. The molecule has 3 N–H and O–H groups in total. The third-order valence-electron chi connectivity index (χ3n) is 3.86. The highest BCUT2D eigenvalue weighted by Gasteiger charge is 2.33. The van der Waals surface area contributed by atoms with Crippen molar-refractivity contribution < 1.29 is 0 Å². The van der Waals surface area contributed by atoms with Crippen molar-refractivity contribution in [2.45, 2.75) is 38.0 Å².